The highest BCUT2D eigenvalue weighted by Gasteiger charge is 2.33. The lowest BCUT2D eigenvalue weighted by Gasteiger charge is -2.14. The van der Waals surface area contributed by atoms with Crippen LogP contribution in [-0.2, 0) is 4.79 Å². The van der Waals surface area contributed by atoms with E-state index in [1.165, 1.54) is 33.5 Å². The zero-order valence-electron chi connectivity index (χ0n) is 15.8. The number of thiocarbonyl (C=S) groups is 1. The van der Waals surface area contributed by atoms with Crippen LogP contribution in [0.1, 0.15) is 16.1 Å². The number of carbonyl (C=O) groups excluding carboxylic acids is 1. The lowest BCUT2D eigenvalue weighted by atomic mass is 10.2. The number of fused-ring (bicyclic) bond motifs is 1. The fourth-order valence-corrected chi connectivity index (χ4v) is 5.54. The van der Waals surface area contributed by atoms with E-state index in [2.05, 4.69) is 18.2 Å². The van der Waals surface area contributed by atoms with Crippen molar-refractivity contribution >= 4 is 73.4 Å². The highest BCUT2D eigenvalue weighted by Crippen LogP contribution is 2.38. The average Bonchev–Trinajstić information content (AvgIpc) is 3.46. The summed E-state index contributed by atoms with van der Waals surface area (Å²) in [5, 5.41) is 10.2. The van der Waals surface area contributed by atoms with Crippen LogP contribution in [0.5, 0.6) is 0 Å². The number of nitrogens with zero attached hydrogens (tertiary/aromatic N) is 1. The zero-order valence-corrected chi connectivity index (χ0v) is 18.2. The van der Waals surface area contributed by atoms with E-state index in [1.54, 1.807) is 29.5 Å². The Kier molecular flexibility index (Phi) is 4.97. The number of benzene rings is 2. The molecule has 1 N–H and O–H groups in total. The molecule has 152 valence electrons. The van der Waals surface area contributed by atoms with E-state index < -0.39 is 5.97 Å². The van der Waals surface area contributed by atoms with Gasteiger partial charge in [0, 0.05) is 10.8 Å². The number of hydrogen-bond acceptors (Lipinski definition) is 6. The zero-order chi connectivity index (χ0) is 21.5. The van der Waals surface area contributed by atoms with Crippen LogP contribution in [0.15, 0.2) is 76.1 Å². The predicted molar refractivity (Wildman–Crippen MR) is 129 cm³/mol. The van der Waals surface area contributed by atoms with Gasteiger partial charge in [0.15, 0.2) is 4.32 Å². The molecule has 5 rings (SSSR count). The number of carboxylic acid groups (broad SMARTS) is 1. The van der Waals surface area contributed by atoms with Gasteiger partial charge < -0.3 is 9.52 Å². The molecule has 1 amide bonds. The van der Waals surface area contributed by atoms with Gasteiger partial charge in [-0.3, -0.25) is 9.69 Å². The molecular formula is C23H13NO4S3. The van der Waals surface area contributed by atoms with Crippen LogP contribution in [-0.4, -0.2) is 21.3 Å². The molecule has 1 aliphatic rings. The van der Waals surface area contributed by atoms with Crippen molar-refractivity contribution in [2.45, 2.75) is 0 Å². The Morgan fingerprint density at radius 3 is 2.58 bits per heavy atom. The molecule has 1 aliphatic heterocycles. The number of rotatable bonds is 4. The number of aromatic carboxylic acids is 1. The minimum atomic E-state index is -1.02. The molecule has 0 unspecified atom stereocenters. The van der Waals surface area contributed by atoms with E-state index in [-0.39, 0.29) is 11.5 Å². The van der Waals surface area contributed by atoms with Crippen molar-refractivity contribution in [1.82, 2.24) is 0 Å². The van der Waals surface area contributed by atoms with Gasteiger partial charge in [0.2, 0.25) is 0 Å². The molecule has 1 saturated heterocycles. The monoisotopic (exact) mass is 463 g/mol. The Morgan fingerprint density at radius 2 is 1.84 bits per heavy atom. The number of anilines is 1. The summed E-state index contributed by atoms with van der Waals surface area (Å²) in [5.74, 6) is 0.0170. The number of hydrogen-bond donors (Lipinski definition) is 1. The minimum Gasteiger partial charge on any atom is -0.478 e. The SMILES string of the molecule is O=C(O)c1ccc(N2C(=O)C(=Cc3ccc(-c4cc5ccccc5s4)o3)SC2=S)cc1. The molecule has 0 radical (unpaired) electrons. The number of thiophene rings is 1. The summed E-state index contributed by atoms with van der Waals surface area (Å²) in [5.41, 5.74) is 0.676. The van der Waals surface area contributed by atoms with Crippen LogP contribution in [0.3, 0.4) is 0 Å². The van der Waals surface area contributed by atoms with Crippen molar-refractivity contribution in [2.75, 3.05) is 4.90 Å². The molecule has 2 aromatic carbocycles. The first-order valence-corrected chi connectivity index (χ1v) is 11.2. The fourth-order valence-electron chi connectivity index (χ4n) is 3.24. The second-order valence-electron chi connectivity index (χ2n) is 6.72. The van der Waals surface area contributed by atoms with Crippen molar-refractivity contribution in [2.24, 2.45) is 0 Å². The van der Waals surface area contributed by atoms with Gasteiger partial charge in [-0.2, -0.15) is 0 Å². The molecule has 4 aromatic rings. The molecule has 0 atom stereocenters. The first-order chi connectivity index (χ1) is 15.0. The summed E-state index contributed by atoms with van der Waals surface area (Å²) in [6, 6.07) is 20.0. The smallest absolute Gasteiger partial charge is 0.335 e. The predicted octanol–water partition coefficient (Wildman–Crippen LogP) is 6.27. The summed E-state index contributed by atoms with van der Waals surface area (Å²) >= 11 is 8.21. The molecular weight excluding hydrogens is 450 g/mol. The molecule has 5 nitrogen and oxygen atoms in total. The van der Waals surface area contributed by atoms with Gasteiger partial charge in [-0.05, 0) is 53.9 Å². The Bertz CT molecular complexity index is 1350. The third-order valence-corrected chi connectivity index (χ3v) is 7.17. The third kappa shape index (κ3) is 3.69. The molecule has 31 heavy (non-hydrogen) atoms. The molecule has 3 heterocycles. The van der Waals surface area contributed by atoms with Crippen molar-refractivity contribution in [3.05, 3.63) is 83.0 Å². The van der Waals surface area contributed by atoms with Gasteiger partial charge in [0.25, 0.3) is 5.91 Å². The summed E-state index contributed by atoms with van der Waals surface area (Å²) in [6.45, 7) is 0. The number of furan rings is 1. The quantitative estimate of drug-likeness (QED) is 0.284. The number of carboxylic acids is 1. The van der Waals surface area contributed by atoms with Gasteiger partial charge in [-0.1, -0.05) is 42.2 Å². The molecule has 0 saturated carbocycles. The largest absolute Gasteiger partial charge is 0.478 e. The third-order valence-electron chi connectivity index (χ3n) is 4.73. The molecule has 2 aromatic heterocycles. The van der Waals surface area contributed by atoms with Gasteiger partial charge in [0.05, 0.1) is 21.0 Å². The second-order valence-corrected chi connectivity index (χ2v) is 9.48. The summed E-state index contributed by atoms with van der Waals surface area (Å²) in [7, 11) is 0. The fraction of sp³-hybridized carbons (Fsp3) is 0. The Labute approximate surface area is 190 Å². The standard InChI is InChI=1S/C23H13NO4S3/c25-21-20(31-23(29)24(21)15-7-5-13(6-8-15)22(26)27)12-16-9-10-17(28-16)19-11-14-3-1-2-4-18(14)30-19/h1-12H,(H,26,27). The van der Waals surface area contributed by atoms with E-state index in [0.717, 1.165) is 16.0 Å². The number of thioether (sulfide) groups is 1. The van der Waals surface area contributed by atoms with Crippen molar-refractivity contribution < 1.29 is 19.1 Å². The maximum atomic E-state index is 12.9. The first-order valence-electron chi connectivity index (χ1n) is 9.20. The molecule has 0 spiro atoms. The molecule has 0 aliphatic carbocycles. The second kappa shape index (κ2) is 7.81. The number of amides is 1. The average molecular weight is 464 g/mol. The normalized spacial score (nSPS) is 15.4. The van der Waals surface area contributed by atoms with Crippen LogP contribution >= 0.6 is 35.3 Å². The van der Waals surface area contributed by atoms with E-state index in [9.17, 15) is 9.59 Å². The van der Waals surface area contributed by atoms with Gasteiger partial charge in [-0.25, -0.2) is 4.79 Å². The Hall–Kier alpha value is -3.20. The van der Waals surface area contributed by atoms with Crippen molar-refractivity contribution in [3.63, 3.8) is 0 Å². The van der Waals surface area contributed by atoms with E-state index in [1.807, 2.05) is 24.3 Å². The highest BCUT2D eigenvalue weighted by molar-refractivity contribution is 8.27. The van der Waals surface area contributed by atoms with Crippen molar-refractivity contribution in [1.29, 1.82) is 0 Å². The van der Waals surface area contributed by atoms with Crippen LogP contribution in [0.25, 0.3) is 26.8 Å². The van der Waals surface area contributed by atoms with Crippen molar-refractivity contribution in [3.8, 4) is 10.6 Å². The van der Waals surface area contributed by atoms with Gasteiger partial charge in [-0.15, -0.1) is 11.3 Å². The first kappa shape index (κ1) is 19.7. The van der Waals surface area contributed by atoms with E-state index >= 15 is 0 Å². The Balaban J connectivity index is 1.40. The molecule has 8 heteroatoms. The van der Waals surface area contributed by atoms with Crippen LogP contribution in [0.2, 0.25) is 0 Å². The minimum absolute atomic E-state index is 0.147. The lowest BCUT2D eigenvalue weighted by molar-refractivity contribution is -0.113. The Morgan fingerprint density at radius 1 is 1.06 bits per heavy atom. The summed E-state index contributed by atoms with van der Waals surface area (Å²) < 4.78 is 7.54. The van der Waals surface area contributed by atoms with Crippen LogP contribution in [0.4, 0.5) is 5.69 Å². The maximum absolute atomic E-state index is 12.9. The summed E-state index contributed by atoms with van der Waals surface area (Å²) in [4.78, 5) is 26.8. The topological polar surface area (TPSA) is 70.8 Å². The molecule has 1 fully saturated rings. The number of carbonyl (C=O) groups is 2. The highest BCUT2D eigenvalue weighted by atomic mass is 32.2. The van der Waals surface area contributed by atoms with Gasteiger partial charge >= 0.3 is 5.97 Å². The van der Waals surface area contributed by atoms with E-state index in [4.69, 9.17) is 21.7 Å². The lowest BCUT2D eigenvalue weighted by Crippen LogP contribution is -2.27. The summed E-state index contributed by atoms with van der Waals surface area (Å²) in [6.07, 6.45) is 1.68. The van der Waals surface area contributed by atoms with Gasteiger partial charge in [0.1, 0.15) is 11.5 Å². The maximum Gasteiger partial charge on any atom is 0.335 e. The molecule has 0 bridgehead atoms. The van der Waals surface area contributed by atoms with E-state index in [0.29, 0.717) is 20.7 Å². The van der Waals surface area contributed by atoms with Crippen LogP contribution < -0.4 is 4.90 Å². The van der Waals surface area contributed by atoms with Crippen LogP contribution in [0, 0.1) is 0 Å².